The fraction of sp³-hybridized carbons (Fsp3) is 0.318. The number of carboxylic acid groups (broad SMARTS) is 1. The normalized spacial score (nSPS) is 18.0. The van der Waals surface area contributed by atoms with Gasteiger partial charge in [0.2, 0.25) is 5.43 Å². The number of hydrogen-bond donors (Lipinski definition) is 1. The minimum Gasteiger partial charge on any atom is -0.487 e. The van der Waals surface area contributed by atoms with Crippen LogP contribution >= 0.6 is 0 Å². The quantitative estimate of drug-likeness (QED) is 0.664. The molecule has 5 rings (SSSR count). The summed E-state index contributed by atoms with van der Waals surface area (Å²) in [7, 11) is 0. The first kappa shape index (κ1) is 20.2. The molecule has 1 fully saturated rings. The lowest BCUT2D eigenvalue weighted by atomic mass is 10.1. The molecule has 2 aliphatic rings. The van der Waals surface area contributed by atoms with Gasteiger partial charge in [-0.25, -0.2) is 18.6 Å². The number of aromatic nitrogens is 2. The van der Waals surface area contributed by atoms with Crippen molar-refractivity contribution >= 4 is 28.4 Å². The molecule has 1 aromatic carbocycles. The molecule has 1 N–H and O–H groups in total. The average Bonchev–Trinajstić information content (AvgIpc) is 2.81. The fourth-order valence-electron chi connectivity index (χ4n) is 4.39. The number of anilines is 2. The highest BCUT2D eigenvalue weighted by molar-refractivity contribution is 5.97. The van der Waals surface area contributed by atoms with Crippen LogP contribution in [-0.4, -0.2) is 60.1 Å². The van der Waals surface area contributed by atoms with Crippen LogP contribution in [0, 0.1) is 5.82 Å². The number of ether oxygens (including phenoxy) is 1. The molecule has 1 unspecified atom stereocenters. The SMILES string of the molecule is O=C(O)c1cn2c3c(c(N4CCN(c5ccccn5)CC4)c(F)cc3c1=O)OCC2CF. The van der Waals surface area contributed by atoms with Gasteiger partial charge < -0.3 is 24.2 Å². The molecular formula is C22H20F2N4O4. The molecule has 0 bridgehead atoms. The maximum Gasteiger partial charge on any atom is 0.341 e. The van der Waals surface area contributed by atoms with Crippen LogP contribution in [0.4, 0.5) is 20.3 Å². The number of halogens is 2. The van der Waals surface area contributed by atoms with Crippen LogP contribution in [0.25, 0.3) is 10.9 Å². The number of nitrogens with zero attached hydrogens (tertiary/aromatic N) is 4. The van der Waals surface area contributed by atoms with E-state index < -0.39 is 35.5 Å². The van der Waals surface area contributed by atoms with E-state index in [4.69, 9.17) is 4.74 Å². The number of hydrogen-bond acceptors (Lipinski definition) is 6. The third-order valence-corrected chi connectivity index (χ3v) is 5.99. The summed E-state index contributed by atoms with van der Waals surface area (Å²) in [5.74, 6) is -1.14. The lowest BCUT2D eigenvalue weighted by Crippen LogP contribution is -2.47. The standard InChI is InChI=1S/C22H20F2N4O4/c23-10-13-12-32-21-18-14(20(29)15(22(30)31)11-28(13)18)9-16(24)19(21)27-7-5-26(6-8-27)17-3-1-2-4-25-17/h1-4,9,11,13H,5-8,10,12H2,(H,30,31). The van der Waals surface area contributed by atoms with Crippen LogP contribution < -0.4 is 20.0 Å². The van der Waals surface area contributed by atoms with Crippen molar-refractivity contribution in [2.45, 2.75) is 6.04 Å². The molecule has 32 heavy (non-hydrogen) atoms. The smallest absolute Gasteiger partial charge is 0.341 e. The van der Waals surface area contributed by atoms with Crippen LogP contribution in [0.3, 0.4) is 0 Å². The zero-order chi connectivity index (χ0) is 22.4. The number of pyridine rings is 2. The van der Waals surface area contributed by atoms with E-state index in [0.717, 1.165) is 18.1 Å². The van der Waals surface area contributed by atoms with E-state index in [1.807, 2.05) is 23.1 Å². The Balaban J connectivity index is 1.59. The third kappa shape index (κ3) is 3.14. The molecule has 0 aliphatic carbocycles. The van der Waals surface area contributed by atoms with Gasteiger partial charge in [0, 0.05) is 38.6 Å². The monoisotopic (exact) mass is 442 g/mol. The van der Waals surface area contributed by atoms with Gasteiger partial charge >= 0.3 is 5.97 Å². The van der Waals surface area contributed by atoms with Crippen molar-refractivity contribution < 1.29 is 23.4 Å². The highest BCUT2D eigenvalue weighted by Crippen LogP contribution is 2.42. The predicted molar refractivity (Wildman–Crippen MR) is 114 cm³/mol. The Hall–Kier alpha value is -3.69. The van der Waals surface area contributed by atoms with Crippen molar-refractivity contribution in [3.8, 4) is 5.75 Å². The molecule has 1 atom stereocenters. The van der Waals surface area contributed by atoms with Crippen molar-refractivity contribution in [1.29, 1.82) is 0 Å². The van der Waals surface area contributed by atoms with Gasteiger partial charge in [0.25, 0.3) is 0 Å². The molecule has 166 valence electrons. The minimum absolute atomic E-state index is 0.0924. The van der Waals surface area contributed by atoms with Crippen molar-refractivity contribution in [2.24, 2.45) is 0 Å². The van der Waals surface area contributed by atoms with Gasteiger partial charge in [-0.3, -0.25) is 4.79 Å². The second-order valence-corrected chi connectivity index (χ2v) is 7.80. The third-order valence-electron chi connectivity index (χ3n) is 5.99. The molecular weight excluding hydrogens is 422 g/mol. The van der Waals surface area contributed by atoms with Crippen LogP contribution in [0.15, 0.2) is 41.5 Å². The highest BCUT2D eigenvalue weighted by Gasteiger charge is 2.32. The number of carbonyl (C=O) groups is 1. The first-order chi connectivity index (χ1) is 15.5. The summed E-state index contributed by atoms with van der Waals surface area (Å²) in [6.07, 6.45) is 2.85. The molecule has 3 aromatic rings. The molecule has 0 radical (unpaired) electrons. The second kappa shape index (κ2) is 7.77. The van der Waals surface area contributed by atoms with E-state index in [-0.39, 0.29) is 28.9 Å². The molecule has 0 amide bonds. The zero-order valence-corrected chi connectivity index (χ0v) is 17.0. The summed E-state index contributed by atoms with van der Waals surface area (Å²) in [4.78, 5) is 32.5. The number of alkyl halides is 1. The largest absolute Gasteiger partial charge is 0.487 e. The van der Waals surface area contributed by atoms with Gasteiger partial charge in [-0.2, -0.15) is 0 Å². The van der Waals surface area contributed by atoms with Gasteiger partial charge in [-0.05, 0) is 18.2 Å². The predicted octanol–water partition coefficient (Wildman–Crippen LogP) is 2.46. The van der Waals surface area contributed by atoms with Crippen LogP contribution in [-0.2, 0) is 0 Å². The van der Waals surface area contributed by atoms with Crippen LogP contribution in [0.2, 0.25) is 0 Å². The van der Waals surface area contributed by atoms with Gasteiger partial charge in [0.05, 0.1) is 16.9 Å². The number of benzene rings is 1. The maximum absolute atomic E-state index is 15.3. The molecule has 1 saturated heterocycles. The summed E-state index contributed by atoms with van der Waals surface area (Å²) in [6.45, 7) is 1.27. The van der Waals surface area contributed by atoms with Crippen LogP contribution in [0.5, 0.6) is 5.75 Å². The van der Waals surface area contributed by atoms with E-state index in [9.17, 15) is 19.1 Å². The van der Waals surface area contributed by atoms with Gasteiger partial charge in [-0.15, -0.1) is 0 Å². The molecule has 4 heterocycles. The average molecular weight is 442 g/mol. The van der Waals surface area contributed by atoms with Gasteiger partial charge in [0.15, 0.2) is 11.6 Å². The number of aromatic carboxylic acids is 1. The highest BCUT2D eigenvalue weighted by atomic mass is 19.1. The first-order valence-corrected chi connectivity index (χ1v) is 10.2. The Morgan fingerprint density at radius 3 is 2.62 bits per heavy atom. The Morgan fingerprint density at radius 2 is 1.97 bits per heavy atom. The fourth-order valence-corrected chi connectivity index (χ4v) is 4.39. The van der Waals surface area contributed by atoms with Crippen molar-refractivity contribution in [3.05, 3.63) is 58.3 Å². The lowest BCUT2D eigenvalue weighted by molar-refractivity contribution is 0.0694. The van der Waals surface area contributed by atoms with E-state index in [1.54, 1.807) is 6.20 Å². The molecule has 0 saturated carbocycles. The Kier molecular flexibility index (Phi) is 4.91. The zero-order valence-electron chi connectivity index (χ0n) is 17.0. The van der Waals surface area contributed by atoms with E-state index in [2.05, 4.69) is 9.88 Å². The molecule has 8 nitrogen and oxygen atoms in total. The first-order valence-electron chi connectivity index (χ1n) is 10.2. The summed E-state index contributed by atoms with van der Waals surface area (Å²) in [5.41, 5.74) is -0.928. The topological polar surface area (TPSA) is 87.9 Å². The second-order valence-electron chi connectivity index (χ2n) is 7.80. The summed E-state index contributed by atoms with van der Waals surface area (Å²) in [5, 5.41) is 9.25. The molecule has 2 aliphatic heterocycles. The van der Waals surface area contributed by atoms with Crippen molar-refractivity contribution in [2.75, 3.05) is 49.3 Å². The Morgan fingerprint density at radius 1 is 1.22 bits per heavy atom. The number of rotatable bonds is 4. The van der Waals surface area contributed by atoms with Crippen LogP contribution in [0.1, 0.15) is 16.4 Å². The van der Waals surface area contributed by atoms with Crippen molar-refractivity contribution in [3.63, 3.8) is 0 Å². The number of piperazine rings is 1. The van der Waals surface area contributed by atoms with E-state index in [0.29, 0.717) is 26.2 Å². The Bertz CT molecular complexity index is 1260. The van der Waals surface area contributed by atoms with E-state index in [1.165, 1.54) is 4.57 Å². The molecule has 2 aromatic heterocycles. The molecule has 0 spiro atoms. The van der Waals surface area contributed by atoms with Crippen molar-refractivity contribution in [1.82, 2.24) is 9.55 Å². The minimum atomic E-state index is -1.44. The van der Waals surface area contributed by atoms with Gasteiger partial charge in [0.1, 0.15) is 30.4 Å². The molecule has 10 heteroatoms. The summed E-state index contributed by atoms with van der Waals surface area (Å²) in [6, 6.07) is 5.89. The maximum atomic E-state index is 15.3. The summed E-state index contributed by atoms with van der Waals surface area (Å²) < 4.78 is 36.1. The lowest BCUT2D eigenvalue weighted by Gasteiger charge is -2.38. The Labute approximate surface area is 181 Å². The summed E-state index contributed by atoms with van der Waals surface area (Å²) >= 11 is 0. The number of carboxylic acids is 1. The van der Waals surface area contributed by atoms with E-state index >= 15 is 4.39 Å². The van der Waals surface area contributed by atoms with Gasteiger partial charge in [-0.1, -0.05) is 6.07 Å².